The van der Waals surface area contributed by atoms with Crippen molar-refractivity contribution in [3.8, 4) is 0 Å². The van der Waals surface area contributed by atoms with Gasteiger partial charge in [-0.25, -0.2) is 4.79 Å². The van der Waals surface area contributed by atoms with E-state index in [1.165, 1.54) is 0 Å². The Morgan fingerprint density at radius 2 is 2.00 bits per heavy atom. The number of rotatable bonds is 2. The highest BCUT2D eigenvalue weighted by molar-refractivity contribution is 5.92. The van der Waals surface area contributed by atoms with E-state index >= 15 is 0 Å². The van der Waals surface area contributed by atoms with Crippen molar-refractivity contribution in [2.45, 2.75) is 39.7 Å². The first-order valence-corrected chi connectivity index (χ1v) is 6.88. The quantitative estimate of drug-likeness (QED) is 0.780. The third kappa shape index (κ3) is 2.81. The van der Waals surface area contributed by atoms with E-state index in [0.717, 1.165) is 0 Å². The van der Waals surface area contributed by atoms with Gasteiger partial charge in [-0.2, -0.15) is 4.98 Å². The fraction of sp³-hybridized carbons (Fsp3) is 0.571. The fourth-order valence-electron chi connectivity index (χ4n) is 2.60. The number of hydrogen-bond acceptors (Lipinski definition) is 4. The molecule has 1 saturated heterocycles. The number of aryl methyl sites for hydroxylation is 2. The lowest BCUT2D eigenvalue weighted by Gasteiger charge is -2.41. The summed E-state index contributed by atoms with van der Waals surface area (Å²) in [6.45, 7) is 7.84. The van der Waals surface area contributed by atoms with Crippen LogP contribution in [0.1, 0.15) is 30.8 Å². The minimum Gasteiger partial charge on any atom is -0.352 e. The van der Waals surface area contributed by atoms with E-state index < -0.39 is 11.2 Å². The topological polar surface area (TPSA) is 95.2 Å². The Kier molecular flexibility index (Phi) is 3.85. The molecule has 2 amide bonds. The van der Waals surface area contributed by atoms with Crippen LogP contribution in [0.5, 0.6) is 0 Å². The van der Waals surface area contributed by atoms with Crippen LogP contribution in [-0.4, -0.2) is 45.3 Å². The molecule has 21 heavy (non-hydrogen) atoms. The van der Waals surface area contributed by atoms with Gasteiger partial charge in [-0.1, -0.05) is 0 Å². The number of nitrogens with zero attached hydrogens (tertiary/aromatic N) is 2. The Morgan fingerprint density at radius 1 is 1.33 bits per heavy atom. The summed E-state index contributed by atoms with van der Waals surface area (Å²) in [6.07, 6.45) is 0.123. The largest absolute Gasteiger partial charge is 0.352 e. The molecule has 2 N–H and O–H groups in total. The lowest BCUT2D eigenvalue weighted by atomic mass is 9.97. The van der Waals surface area contributed by atoms with Gasteiger partial charge < -0.3 is 15.2 Å². The number of aromatic amines is 1. The molecule has 1 aromatic heterocycles. The summed E-state index contributed by atoms with van der Waals surface area (Å²) < 4.78 is 0. The minimum absolute atomic E-state index is 0.123. The van der Waals surface area contributed by atoms with Crippen LogP contribution in [0.4, 0.5) is 0 Å². The van der Waals surface area contributed by atoms with Gasteiger partial charge in [0.05, 0.1) is 6.42 Å². The Morgan fingerprint density at radius 3 is 2.62 bits per heavy atom. The van der Waals surface area contributed by atoms with Crippen LogP contribution in [-0.2, 0) is 16.0 Å². The maximum Gasteiger partial charge on any atom is 0.345 e. The normalized spacial score (nSPS) is 17.5. The smallest absolute Gasteiger partial charge is 0.345 e. The van der Waals surface area contributed by atoms with E-state index in [2.05, 4.69) is 15.3 Å². The lowest BCUT2D eigenvalue weighted by Crippen LogP contribution is -2.63. The molecule has 0 atom stereocenters. The summed E-state index contributed by atoms with van der Waals surface area (Å²) in [5, 5.41) is 2.76. The number of amides is 2. The van der Waals surface area contributed by atoms with Gasteiger partial charge in [0.15, 0.2) is 0 Å². The molecule has 0 unspecified atom stereocenters. The maximum atomic E-state index is 12.5. The Balaban J connectivity index is 2.26. The third-order valence-corrected chi connectivity index (χ3v) is 3.93. The van der Waals surface area contributed by atoms with Gasteiger partial charge in [0.25, 0.3) is 0 Å². The van der Waals surface area contributed by atoms with Crippen molar-refractivity contribution in [2.24, 2.45) is 0 Å². The van der Waals surface area contributed by atoms with Gasteiger partial charge in [-0.3, -0.25) is 9.59 Å². The molecule has 1 aromatic rings. The summed E-state index contributed by atoms with van der Waals surface area (Å²) in [5.74, 6) is -0.301. The molecule has 0 aliphatic carbocycles. The Labute approximate surface area is 122 Å². The first-order chi connectivity index (χ1) is 9.73. The van der Waals surface area contributed by atoms with E-state index in [9.17, 15) is 14.4 Å². The third-order valence-electron chi connectivity index (χ3n) is 3.93. The number of nitrogens with one attached hydrogen (secondary N) is 2. The number of aromatic nitrogens is 2. The second-order valence-electron chi connectivity index (χ2n) is 5.77. The zero-order valence-corrected chi connectivity index (χ0v) is 12.7. The molecule has 114 valence electrons. The summed E-state index contributed by atoms with van der Waals surface area (Å²) in [6, 6.07) is 0. The second-order valence-corrected chi connectivity index (χ2v) is 5.77. The van der Waals surface area contributed by atoms with Crippen LogP contribution in [0.3, 0.4) is 0 Å². The van der Waals surface area contributed by atoms with Crippen LogP contribution in [0.25, 0.3) is 0 Å². The van der Waals surface area contributed by atoms with Crippen molar-refractivity contribution in [3.63, 3.8) is 0 Å². The van der Waals surface area contributed by atoms with Gasteiger partial charge in [-0.05, 0) is 27.7 Å². The molecule has 0 saturated carbocycles. The summed E-state index contributed by atoms with van der Waals surface area (Å²) >= 11 is 0. The average Bonchev–Trinajstić information content (AvgIpc) is 2.36. The highest BCUT2D eigenvalue weighted by Crippen LogP contribution is 2.20. The van der Waals surface area contributed by atoms with Crippen molar-refractivity contribution in [3.05, 3.63) is 27.4 Å². The summed E-state index contributed by atoms with van der Waals surface area (Å²) in [4.78, 5) is 43.7. The van der Waals surface area contributed by atoms with Crippen LogP contribution < -0.4 is 11.0 Å². The molecule has 7 heteroatoms. The molecule has 7 nitrogen and oxygen atoms in total. The molecular weight excluding hydrogens is 272 g/mol. The standard InChI is InChI=1S/C14H20N4O3/c1-8-10(9(2)17-13(21)16-8)7-11(19)18-6-5-15-12(20)14(18,3)4/h5-7H2,1-4H3,(H,15,20)(H,16,17,21). The first-order valence-electron chi connectivity index (χ1n) is 6.88. The summed E-state index contributed by atoms with van der Waals surface area (Å²) in [7, 11) is 0. The fourth-order valence-corrected chi connectivity index (χ4v) is 2.60. The molecule has 0 aromatic carbocycles. The van der Waals surface area contributed by atoms with Gasteiger partial charge in [0, 0.05) is 30.0 Å². The lowest BCUT2D eigenvalue weighted by molar-refractivity contribution is -0.148. The van der Waals surface area contributed by atoms with E-state index in [1.54, 1.807) is 32.6 Å². The number of carbonyl (C=O) groups is 2. The SMILES string of the molecule is Cc1nc(=O)[nH]c(C)c1CC(=O)N1CCNC(=O)C1(C)C. The number of H-pyrrole nitrogens is 1. The zero-order chi connectivity index (χ0) is 15.8. The van der Waals surface area contributed by atoms with Crippen molar-refractivity contribution in [1.29, 1.82) is 0 Å². The molecule has 1 fully saturated rings. The van der Waals surface area contributed by atoms with Gasteiger partial charge >= 0.3 is 5.69 Å². The van der Waals surface area contributed by atoms with Crippen LogP contribution in [0.2, 0.25) is 0 Å². The Bertz CT molecular complexity index is 622. The number of piperazine rings is 1. The van der Waals surface area contributed by atoms with Crippen LogP contribution >= 0.6 is 0 Å². The van der Waals surface area contributed by atoms with Crippen molar-refractivity contribution < 1.29 is 9.59 Å². The minimum atomic E-state index is -0.868. The second kappa shape index (κ2) is 5.31. The molecule has 1 aliphatic heterocycles. The zero-order valence-electron chi connectivity index (χ0n) is 12.7. The molecule has 0 bridgehead atoms. The monoisotopic (exact) mass is 292 g/mol. The van der Waals surface area contributed by atoms with Gasteiger partial charge in [0.2, 0.25) is 11.8 Å². The number of carbonyl (C=O) groups excluding carboxylic acids is 2. The molecule has 0 spiro atoms. The Hall–Kier alpha value is -2.18. The highest BCUT2D eigenvalue weighted by Gasteiger charge is 2.40. The van der Waals surface area contributed by atoms with E-state index in [4.69, 9.17) is 0 Å². The van der Waals surface area contributed by atoms with Crippen molar-refractivity contribution in [2.75, 3.05) is 13.1 Å². The first kappa shape index (κ1) is 15.2. The van der Waals surface area contributed by atoms with E-state index in [-0.39, 0.29) is 18.2 Å². The van der Waals surface area contributed by atoms with Crippen molar-refractivity contribution in [1.82, 2.24) is 20.2 Å². The van der Waals surface area contributed by atoms with Crippen LogP contribution in [0.15, 0.2) is 4.79 Å². The van der Waals surface area contributed by atoms with Crippen molar-refractivity contribution >= 4 is 11.8 Å². The predicted molar refractivity (Wildman–Crippen MR) is 76.8 cm³/mol. The van der Waals surface area contributed by atoms with E-state index in [1.807, 2.05) is 0 Å². The summed E-state index contributed by atoms with van der Waals surface area (Å²) in [5.41, 5.74) is 0.608. The predicted octanol–water partition coefficient (Wildman–Crippen LogP) is -0.334. The average molecular weight is 292 g/mol. The molecule has 0 radical (unpaired) electrons. The van der Waals surface area contributed by atoms with E-state index in [0.29, 0.717) is 30.0 Å². The van der Waals surface area contributed by atoms with Crippen LogP contribution in [0, 0.1) is 13.8 Å². The molecular formula is C14H20N4O3. The van der Waals surface area contributed by atoms with Gasteiger partial charge in [-0.15, -0.1) is 0 Å². The highest BCUT2D eigenvalue weighted by atomic mass is 16.2. The molecule has 2 heterocycles. The maximum absolute atomic E-state index is 12.5. The molecule has 1 aliphatic rings. The van der Waals surface area contributed by atoms with Gasteiger partial charge in [0.1, 0.15) is 5.54 Å². The molecule has 2 rings (SSSR count). The number of hydrogen-bond donors (Lipinski definition) is 2.